The van der Waals surface area contributed by atoms with Gasteiger partial charge in [-0.15, -0.1) is 35.3 Å². The third-order valence-corrected chi connectivity index (χ3v) is 4.30. The average Bonchev–Trinajstić information content (AvgIpc) is 3.14. The lowest BCUT2D eigenvalue weighted by atomic mass is 10.1. The van der Waals surface area contributed by atoms with E-state index >= 15 is 0 Å². The molecule has 1 aromatic carbocycles. The molecule has 3 N–H and O–H groups in total. The molecule has 1 aliphatic carbocycles. The van der Waals surface area contributed by atoms with Gasteiger partial charge in [-0.25, -0.2) is 9.98 Å². The Labute approximate surface area is 152 Å². The highest BCUT2D eigenvalue weighted by molar-refractivity contribution is 14.0. The first-order chi connectivity index (χ1) is 10.1. The van der Waals surface area contributed by atoms with E-state index in [1.807, 2.05) is 0 Å². The van der Waals surface area contributed by atoms with Gasteiger partial charge in [-0.2, -0.15) is 0 Å². The van der Waals surface area contributed by atoms with Crippen molar-refractivity contribution < 1.29 is 0 Å². The Morgan fingerprint density at radius 3 is 2.64 bits per heavy atom. The van der Waals surface area contributed by atoms with Crippen LogP contribution in [-0.2, 0) is 6.54 Å². The third-order valence-electron chi connectivity index (χ3n) is 3.44. The summed E-state index contributed by atoms with van der Waals surface area (Å²) >= 11 is 1.67. The largest absolute Gasteiger partial charge is 0.370 e. The van der Waals surface area contributed by atoms with Crippen LogP contribution in [0.15, 0.2) is 28.6 Å². The number of anilines is 1. The van der Waals surface area contributed by atoms with E-state index in [0.717, 1.165) is 10.7 Å². The number of benzene rings is 1. The number of nitrogens with zero attached hydrogens (tertiary/aromatic N) is 2. The van der Waals surface area contributed by atoms with E-state index < -0.39 is 0 Å². The van der Waals surface area contributed by atoms with E-state index in [4.69, 9.17) is 5.73 Å². The molecule has 1 aliphatic rings. The first-order valence-corrected chi connectivity index (χ1v) is 8.07. The molecule has 0 amide bonds. The van der Waals surface area contributed by atoms with Gasteiger partial charge in [-0.1, -0.05) is 6.07 Å². The Morgan fingerprint density at radius 1 is 1.32 bits per heavy atom. The van der Waals surface area contributed by atoms with Crippen LogP contribution in [0, 0.1) is 13.8 Å². The minimum absolute atomic E-state index is 0. The highest BCUT2D eigenvalue weighted by atomic mass is 127. The van der Waals surface area contributed by atoms with E-state index in [0.29, 0.717) is 18.4 Å². The second-order valence-electron chi connectivity index (χ2n) is 5.64. The SMILES string of the molecule is Cc1cc(C)cc(NC(N)=NCc2nc(C3CC3)cs2)c1.I. The van der Waals surface area contributed by atoms with Gasteiger partial charge >= 0.3 is 0 Å². The van der Waals surface area contributed by atoms with Crippen LogP contribution < -0.4 is 11.1 Å². The number of aliphatic imine (C=N–C) groups is 1. The molecule has 0 bridgehead atoms. The van der Waals surface area contributed by atoms with Gasteiger partial charge in [0, 0.05) is 17.0 Å². The summed E-state index contributed by atoms with van der Waals surface area (Å²) in [4.78, 5) is 8.98. The van der Waals surface area contributed by atoms with Crippen molar-refractivity contribution in [2.45, 2.75) is 39.2 Å². The summed E-state index contributed by atoms with van der Waals surface area (Å²) in [5.74, 6) is 1.13. The lowest BCUT2D eigenvalue weighted by molar-refractivity contribution is 0.970. The van der Waals surface area contributed by atoms with Crippen molar-refractivity contribution in [1.29, 1.82) is 0 Å². The zero-order valence-corrected chi connectivity index (χ0v) is 15.9. The van der Waals surface area contributed by atoms with Crippen molar-refractivity contribution in [3.8, 4) is 0 Å². The summed E-state index contributed by atoms with van der Waals surface area (Å²) in [5, 5.41) is 6.32. The number of guanidine groups is 1. The molecule has 118 valence electrons. The van der Waals surface area contributed by atoms with E-state index in [2.05, 4.69) is 52.7 Å². The Bertz CT molecular complexity index is 656. The first-order valence-electron chi connectivity index (χ1n) is 7.20. The number of hydrogen-bond donors (Lipinski definition) is 2. The molecule has 22 heavy (non-hydrogen) atoms. The number of rotatable bonds is 4. The lowest BCUT2D eigenvalue weighted by Gasteiger charge is -2.07. The topological polar surface area (TPSA) is 63.3 Å². The minimum Gasteiger partial charge on any atom is -0.370 e. The first kappa shape index (κ1) is 17.2. The Morgan fingerprint density at radius 2 is 2.00 bits per heavy atom. The fraction of sp³-hybridized carbons (Fsp3) is 0.375. The predicted octanol–water partition coefficient (Wildman–Crippen LogP) is 4.18. The molecule has 0 radical (unpaired) electrons. The lowest BCUT2D eigenvalue weighted by Crippen LogP contribution is -2.22. The van der Waals surface area contributed by atoms with Crippen molar-refractivity contribution in [3.05, 3.63) is 45.4 Å². The minimum atomic E-state index is 0. The van der Waals surface area contributed by atoms with Crippen molar-refractivity contribution in [1.82, 2.24) is 4.98 Å². The summed E-state index contributed by atoms with van der Waals surface area (Å²) in [5.41, 5.74) is 10.6. The Balaban J connectivity index is 0.00000176. The van der Waals surface area contributed by atoms with Crippen molar-refractivity contribution in [3.63, 3.8) is 0 Å². The van der Waals surface area contributed by atoms with E-state index in [1.54, 1.807) is 11.3 Å². The van der Waals surface area contributed by atoms with Crippen molar-refractivity contribution in [2.75, 3.05) is 5.32 Å². The van der Waals surface area contributed by atoms with Crippen LogP contribution >= 0.6 is 35.3 Å². The molecule has 4 nitrogen and oxygen atoms in total. The summed E-state index contributed by atoms with van der Waals surface area (Å²) in [6, 6.07) is 6.25. The van der Waals surface area contributed by atoms with Crippen LogP contribution in [-0.4, -0.2) is 10.9 Å². The Hall–Kier alpha value is -1.15. The van der Waals surface area contributed by atoms with Gasteiger partial charge in [0.25, 0.3) is 0 Å². The van der Waals surface area contributed by atoms with Crippen molar-refractivity contribution in [2.24, 2.45) is 10.7 Å². The monoisotopic (exact) mass is 428 g/mol. The van der Waals surface area contributed by atoms with Crippen LogP contribution in [0.3, 0.4) is 0 Å². The molecule has 0 spiro atoms. The zero-order valence-electron chi connectivity index (χ0n) is 12.8. The number of halogens is 1. The average molecular weight is 428 g/mol. The van der Waals surface area contributed by atoms with Crippen molar-refractivity contribution >= 4 is 47.0 Å². The van der Waals surface area contributed by atoms with Crippen LogP contribution in [0.5, 0.6) is 0 Å². The number of aromatic nitrogens is 1. The molecule has 1 aromatic heterocycles. The number of hydrogen-bond acceptors (Lipinski definition) is 3. The molecule has 0 unspecified atom stereocenters. The van der Waals surface area contributed by atoms with E-state index in [-0.39, 0.29) is 24.0 Å². The maximum atomic E-state index is 5.95. The smallest absolute Gasteiger partial charge is 0.193 e. The van der Waals surface area contributed by atoms with E-state index in [9.17, 15) is 0 Å². The molecule has 1 saturated carbocycles. The summed E-state index contributed by atoms with van der Waals surface area (Å²) in [6.07, 6.45) is 2.56. The quantitative estimate of drug-likeness (QED) is 0.436. The van der Waals surface area contributed by atoms with Gasteiger partial charge in [-0.3, -0.25) is 0 Å². The molecule has 2 aromatic rings. The zero-order chi connectivity index (χ0) is 14.8. The second-order valence-corrected chi connectivity index (χ2v) is 6.59. The van der Waals surface area contributed by atoms with Crippen LogP contribution in [0.1, 0.15) is 40.6 Å². The fourth-order valence-electron chi connectivity index (χ4n) is 2.35. The summed E-state index contributed by atoms with van der Waals surface area (Å²) in [6.45, 7) is 4.68. The van der Waals surface area contributed by atoms with Gasteiger partial charge in [0.05, 0.1) is 12.2 Å². The van der Waals surface area contributed by atoms with Gasteiger partial charge in [-0.05, 0) is 49.9 Å². The molecule has 0 atom stereocenters. The van der Waals surface area contributed by atoms with Gasteiger partial charge in [0.15, 0.2) is 5.96 Å². The maximum absolute atomic E-state index is 5.95. The number of nitrogens with one attached hydrogen (secondary N) is 1. The molecule has 1 heterocycles. The normalized spacial score (nSPS) is 14.5. The number of thiazole rings is 1. The number of aryl methyl sites for hydroxylation is 2. The number of nitrogens with two attached hydrogens (primary N) is 1. The Kier molecular flexibility index (Phi) is 5.80. The molecule has 0 aliphatic heterocycles. The molecule has 6 heteroatoms. The van der Waals surface area contributed by atoms with E-state index in [1.165, 1.54) is 29.7 Å². The van der Waals surface area contributed by atoms with Crippen LogP contribution in [0.25, 0.3) is 0 Å². The molecule has 0 saturated heterocycles. The molecular formula is C16H21IN4S. The maximum Gasteiger partial charge on any atom is 0.193 e. The summed E-state index contributed by atoms with van der Waals surface area (Å²) in [7, 11) is 0. The van der Waals surface area contributed by atoms with Crippen LogP contribution in [0.2, 0.25) is 0 Å². The third kappa shape index (κ3) is 4.67. The standard InChI is InChI=1S/C16H20N4S.HI/c1-10-5-11(2)7-13(6-10)19-16(17)18-8-15-20-14(9-21-15)12-3-4-12;/h5-7,9,12H,3-4,8H2,1-2H3,(H3,17,18,19);1H. The second kappa shape index (κ2) is 7.41. The fourth-order valence-corrected chi connectivity index (χ4v) is 3.15. The predicted molar refractivity (Wildman–Crippen MR) is 104 cm³/mol. The summed E-state index contributed by atoms with van der Waals surface area (Å²) < 4.78 is 0. The van der Waals surface area contributed by atoms with Gasteiger partial charge < -0.3 is 11.1 Å². The highest BCUT2D eigenvalue weighted by Gasteiger charge is 2.25. The highest BCUT2D eigenvalue weighted by Crippen LogP contribution is 2.40. The van der Waals surface area contributed by atoms with Gasteiger partial charge in [0.2, 0.25) is 0 Å². The van der Waals surface area contributed by atoms with Crippen LogP contribution in [0.4, 0.5) is 5.69 Å². The molecule has 3 rings (SSSR count). The molecular weight excluding hydrogens is 407 g/mol. The van der Waals surface area contributed by atoms with Gasteiger partial charge in [0.1, 0.15) is 5.01 Å². The molecule has 1 fully saturated rings.